The first-order valence-corrected chi connectivity index (χ1v) is 8.42. The van der Waals surface area contributed by atoms with Crippen LogP contribution < -0.4 is 0 Å². The van der Waals surface area contributed by atoms with Crippen LogP contribution in [0, 0.1) is 6.92 Å². The van der Waals surface area contributed by atoms with Gasteiger partial charge in [0.1, 0.15) is 0 Å². The maximum absolute atomic E-state index is 4.93. The van der Waals surface area contributed by atoms with Crippen LogP contribution in [0.5, 0.6) is 0 Å². The fourth-order valence-electron chi connectivity index (χ4n) is 0. The van der Waals surface area contributed by atoms with Gasteiger partial charge in [-0.1, -0.05) is 26.7 Å². The molecular formula is C4H9Cl2Zr. The Morgan fingerprint density at radius 1 is 1.57 bits per heavy atom. The third-order valence-corrected chi connectivity index (χ3v) is 0.354. The van der Waals surface area contributed by atoms with E-state index < -0.39 is 20.8 Å². The Labute approximate surface area is 64.2 Å². The molecule has 0 aliphatic carbocycles. The molecule has 0 aliphatic heterocycles. The number of hydrogen-bond acceptors (Lipinski definition) is 0. The van der Waals surface area contributed by atoms with Crippen molar-refractivity contribution >= 4 is 17.0 Å². The molecule has 0 unspecified atom stereocenters. The summed E-state index contributed by atoms with van der Waals surface area (Å²) >= 11 is -0.826. The van der Waals surface area contributed by atoms with Crippen LogP contribution >= 0.6 is 17.0 Å². The molecule has 0 aromatic heterocycles. The Bertz CT molecular complexity index is 17.2. The maximum atomic E-state index is 4.93. The van der Waals surface area contributed by atoms with E-state index in [1.54, 1.807) is 0 Å². The van der Waals surface area contributed by atoms with Gasteiger partial charge in [0.2, 0.25) is 0 Å². The van der Waals surface area contributed by atoms with Crippen LogP contribution in [-0.4, -0.2) is 0 Å². The monoisotopic (exact) mass is 217 g/mol. The van der Waals surface area contributed by atoms with Crippen LogP contribution in [0.4, 0.5) is 0 Å². The van der Waals surface area contributed by atoms with Crippen molar-refractivity contribution in [1.29, 1.82) is 0 Å². The van der Waals surface area contributed by atoms with Crippen molar-refractivity contribution < 1.29 is 20.8 Å². The van der Waals surface area contributed by atoms with Gasteiger partial charge < -0.3 is 0 Å². The van der Waals surface area contributed by atoms with E-state index in [0.717, 1.165) is 6.42 Å². The van der Waals surface area contributed by atoms with E-state index in [4.69, 9.17) is 17.0 Å². The topological polar surface area (TPSA) is 0 Å². The molecule has 3 heteroatoms. The van der Waals surface area contributed by atoms with Gasteiger partial charge in [0.05, 0.1) is 0 Å². The molecule has 0 N–H and O–H groups in total. The van der Waals surface area contributed by atoms with Crippen LogP contribution in [0.15, 0.2) is 0 Å². The Morgan fingerprint density at radius 2 is 1.71 bits per heavy atom. The molecule has 0 aromatic rings. The van der Waals surface area contributed by atoms with E-state index in [-0.39, 0.29) is 0 Å². The van der Waals surface area contributed by atoms with Crippen molar-refractivity contribution in [3.8, 4) is 0 Å². The summed E-state index contributed by atoms with van der Waals surface area (Å²) in [5.41, 5.74) is 0. The summed E-state index contributed by atoms with van der Waals surface area (Å²) < 4.78 is 0. The molecule has 0 heterocycles. The molecule has 0 rings (SSSR count). The Hall–Kier alpha value is 1.46. The average molecular weight is 219 g/mol. The normalized spacial score (nSPS) is 6.29. The van der Waals surface area contributed by atoms with Crippen molar-refractivity contribution in [2.45, 2.75) is 19.8 Å². The van der Waals surface area contributed by atoms with Crippen LogP contribution in [0.2, 0.25) is 0 Å². The van der Waals surface area contributed by atoms with Crippen molar-refractivity contribution in [2.24, 2.45) is 0 Å². The van der Waals surface area contributed by atoms with E-state index >= 15 is 0 Å². The van der Waals surface area contributed by atoms with E-state index in [0.29, 0.717) is 0 Å². The zero-order chi connectivity index (χ0) is 6.12. The quantitative estimate of drug-likeness (QED) is 0.636. The second kappa shape index (κ2) is 15.7. The summed E-state index contributed by atoms with van der Waals surface area (Å²) in [6.07, 6.45) is 2.28. The average Bonchev–Trinajstić information content (AvgIpc) is 1.69. The summed E-state index contributed by atoms with van der Waals surface area (Å²) in [5, 5.41) is 0. The molecule has 0 atom stereocenters. The fraction of sp³-hybridized carbons (Fsp3) is 0.750. The standard InChI is InChI=1S/C4H9.2ClH.Zr/c1-3-4-2;;;/h1,3-4H2,2H3;2*1H;/q;;;+2/p-2. The first-order chi connectivity index (χ1) is 3.33. The fourth-order valence-corrected chi connectivity index (χ4v) is 0. The van der Waals surface area contributed by atoms with E-state index in [2.05, 4.69) is 13.8 Å². The first-order valence-electron chi connectivity index (χ1n) is 2.09. The third kappa shape index (κ3) is 36.7. The summed E-state index contributed by atoms with van der Waals surface area (Å²) in [4.78, 5) is 0. The molecule has 0 amide bonds. The zero-order valence-corrected chi connectivity index (χ0v) is 8.35. The summed E-state index contributed by atoms with van der Waals surface area (Å²) in [6, 6.07) is 0. The summed E-state index contributed by atoms with van der Waals surface area (Å²) in [7, 11) is 9.87. The van der Waals surface area contributed by atoms with Gasteiger partial charge in [-0.05, 0) is 0 Å². The SMILES string of the molecule is [CH2]CCC.[Cl][Zr][Cl]. The molecule has 0 aliphatic rings. The van der Waals surface area contributed by atoms with Gasteiger partial charge in [-0.3, -0.25) is 0 Å². The van der Waals surface area contributed by atoms with Crippen molar-refractivity contribution in [1.82, 2.24) is 0 Å². The molecule has 0 nitrogen and oxygen atoms in total. The predicted molar refractivity (Wildman–Crippen MR) is 32.0 cm³/mol. The second-order valence-electron chi connectivity index (χ2n) is 0.925. The van der Waals surface area contributed by atoms with Crippen molar-refractivity contribution in [2.75, 3.05) is 0 Å². The number of unbranched alkanes of at least 4 members (excludes halogenated alkanes) is 1. The first kappa shape index (κ1) is 11.3. The molecule has 0 spiro atoms. The van der Waals surface area contributed by atoms with Gasteiger partial charge in [0.15, 0.2) is 0 Å². The van der Waals surface area contributed by atoms with Crippen molar-refractivity contribution in [3.05, 3.63) is 6.92 Å². The summed E-state index contributed by atoms with van der Waals surface area (Å²) in [5.74, 6) is 0. The van der Waals surface area contributed by atoms with E-state index in [9.17, 15) is 0 Å². The number of hydrogen-bond donors (Lipinski definition) is 0. The number of rotatable bonds is 1. The van der Waals surface area contributed by atoms with Gasteiger partial charge >= 0.3 is 37.9 Å². The Morgan fingerprint density at radius 3 is 1.71 bits per heavy atom. The minimum absolute atomic E-state index is 0.826. The summed E-state index contributed by atoms with van der Waals surface area (Å²) in [6.45, 7) is 5.72. The van der Waals surface area contributed by atoms with Gasteiger partial charge in [-0.15, -0.1) is 0 Å². The van der Waals surface area contributed by atoms with E-state index in [1.807, 2.05) is 0 Å². The Kier molecular flexibility index (Phi) is 25.2. The predicted octanol–water partition coefficient (Wildman–Crippen LogP) is 3.00. The second-order valence-corrected chi connectivity index (χ2v) is 4.66. The Balaban J connectivity index is 0. The molecule has 0 aromatic carbocycles. The zero-order valence-electron chi connectivity index (χ0n) is 4.38. The molecule has 7 heavy (non-hydrogen) atoms. The van der Waals surface area contributed by atoms with Crippen LogP contribution in [0.3, 0.4) is 0 Å². The van der Waals surface area contributed by atoms with E-state index in [1.165, 1.54) is 6.42 Å². The minimum atomic E-state index is -0.826. The number of halogens is 2. The molecule has 0 saturated carbocycles. The molecule has 43 valence electrons. The van der Waals surface area contributed by atoms with Gasteiger partial charge in [0.25, 0.3) is 0 Å². The van der Waals surface area contributed by atoms with Crippen molar-refractivity contribution in [3.63, 3.8) is 0 Å². The molecule has 1 radical (unpaired) electrons. The van der Waals surface area contributed by atoms with Crippen LogP contribution in [-0.2, 0) is 20.8 Å². The van der Waals surface area contributed by atoms with Gasteiger partial charge in [0, 0.05) is 0 Å². The van der Waals surface area contributed by atoms with Gasteiger partial charge in [-0.2, -0.15) is 0 Å². The van der Waals surface area contributed by atoms with Gasteiger partial charge in [-0.25, -0.2) is 0 Å². The van der Waals surface area contributed by atoms with Crippen LogP contribution in [0.1, 0.15) is 19.8 Å². The molecular weight excluding hydrogens is 210 g/mol. The third-order valence-electron chi connectivity index (χ3n) is 0.354. The molecule has 0 fully saturated rings. The molecule has 0 bridgehead atoms. The molecule has 0 saturated heterocycles. The van der Waals surface area contributed by atoms with Crippen LogP contribution in [0.25, 0.3) is 0 Å².